The second-order valence-electron chi connectivity index (χ2n) is 6.94. The summed E-state index contributed by atoms with van der Waals surface area (Å²) in [7, 11) is -3.71. The molecular weight excluding hydrogens is 376 g/mol. The number of rotatable bonds is 9. The number of carbonyl (C=O) groups excluding carboxylic acids is 1. The van der Waals surface area contributed by atoms with Crippen LogP contribution >= 0.6 is 0 Å². The molecule has 1 amide bonds. The molecule has 1 atom stereocenters. The molecule has 0 bridgehead atoms. The Morgan fingerprint density at radius 1 is 1.11 bits per heavy atom. The molecule has 1 unspecified atom stereocenters. The Labute approximate surface area is 167 Å². The molecule has 2 aromatic carbocycles. The zero-order valence-corrected chi connectivity index (χ0v) is 17.6. The zero-order chi connectivity index (χ0) is 20.7. The van der Waals surface area contributed by atoms with E-state index in [1.54, 1.807) is 18.2 Å². The highest BCUT2D eigenvalue weighted by Gasteiger charge is 2.16. The summed E-state index contributed by atoms with van der Waals surface area (Å²) in [6.07, 6.45) is 1.90. The van der Waals surface area contributed by atoms with Crippen LogP contribution in [0.25, 0.3) is 0 Å². The van der Waals surface area contributed by atoms with Gasteiger partial charge in [-0.2, -0.15) is 0 Å². The van der Waals surface area contributed by atoms with Crippen molar-refractivity contribution in [2.24, 2.45) is 0 Å². The van der Waals surface area contributed by atoms with Crippen molar-refractivity contribution in [3.8, 4) is 5.75 Å². The minimum atomic E-state index is -3.71. The third-order valence-electron chi connectivity index (χ3n) is 4.27. The van der Waals surface area contributed by atoms with Gasteiger partial charge in [0.05, 0.1) is 10.6 Å². The van der Waals surface area contributed by atoms with Gasteiger partial charge in [-0.1, -0.05) is 25.5 Å². The van der Waals surface area contributed by atoms with Crippen molar-refractivity contribution >= 4 is 21.6 Å². The average molecular weight is 405 g/mol. The molecule has 7 heteroatoms. The molecule has 0 spiro atoms. The standard InChI is InChI=1S/C21H28N2O4S/c1-5-6-17(4)22-21(24)14-27-18-9-11-19(12-10-18)28(25,26)23-20-13-15(2)7-8-16(20)3/h7-13,17,23H,5-6,14H2,1-4H3,(H,22,24). The van der Waals surface area contributed by atoms with Gasteiger partial charge in [-0.15, -0.1) is 0 Å². The minimum Gasteiger partial charge on any atom is -0.484 e. The number of ether oxygens (including phenoxy) is 1. The van der Waals surface area contributed by atoms with Crippen molar-refractivity contribution in [3.05, 3.63) is 53.6 Å². The van der Waals surface area contributed by atoms with Crippen molar-refractivity contribution in [2.45, 2.75) is 51.5 Å². The molecule has 2 N–H and O–H groups in total. The van der Waals surface area contributed by atoms with Crippen molar-refractivity contribution in [3.63, 3.8) is 0 Å². The normalized spacial score (nSPS) is 12.3. The molecule has 6 nitrogen and oxygen atoms in total. The summed E-state index contributed by atoms with van der Waals surface area (Å²) in [4.78, 5) is 12.0. The van der Waals surface area contributed by atoms with Crippen molar-refractivity contribution < 1.29 is 17.9 Å². The first-order valence-corrected chi connectivity index (χ1v) is 10.8. The van der Waals surface area contributed by atoms with Gasteiger partial charge in [0.2, 0.25) is 0 Å². The fourth-order valence-corrected chi connectivity index (χ4v) is 3.86. The molecule has 0 saturated carbocycles. The fraction of sp³-hybridized carbons (Fsp3) is 0.381. The van der Waals surface area contributed by atoms with E-state index in [4.69, 9.17) is 4.74 Å². The maximum atomic E-state index is 12.6. The Bertz CT molecular complexity index is 909. The van der Waals surface area contributed by atoms with Crippen LogP contribution in [0.2, 0.25) is 0 Å². The maximum Gasteiger partial charge on any atom is 0.261 e. The molecule has 0 aliphatic rings. The molecule has 0 aromatic heterocycles. The highest BCUT2D eigenvalue weighted by atomic mass is 32.2. The average Bonchev–Trinajstić information content (AvgIpc) is 2.63. The Hall–Kier alpha value is -2.54. The van der Waals surface area contributed by atoms with Crippen LogP contribution in [0.3, 0.4) is 0 Å². The largest absolute Gasteiger partial charge is 0.484 e. The SMILES string of the molecule is CCCC(C)NC(=O)COc1ccc(S(=O)(=O)Nc2cc(C)ccc2C)cc1. The van der Waals surface area contributed by atoms with Gasteiger partial charge in [0.15, 0.2) is 6.61 Å². The van der Waals surface area contributed by atoms with Crippen LogP contribution in [-0.2, 0) is 14.8 Å². The number of hydrogen-bond donors (Lipinski definition) is 2. The molecule has 2 aromatic rings. The molecule has 0 radical (unpaired) electrons. The summed E-state index contributed by atoms with van der Waals surface area (Å²) in [5, 5.41) is 2.85. The van der Waals surface area contributed by atoms with Crippen LogP contribution in [-0.4, -0.2) is 27.0 Å². The Balaban J connectivity index is 1.99. The van der Waals surface area contributed by atoms with Crippen LogP contribution in [0.5, 0.6) is 5.75 Å². The number of hydrogen-bond acceptors (Lipinski definition) is 4. The highest BCUT2D eigenvalue weighted by Crippen LogP contribution is 2.22. The second kappa shape index (κ2) is 9.59. The van der Waals surface area contributed by atoms with Crippen LogP contribution < -0.4 is 14.8 Å². The first-order chi connectivity index (χ1) is 13.2. The number of aryl methyl sites for hydroxylation is 2. The molecule has 28 heavy (non-hydrogen) atoms. The van der Waals surface area contributed by atoms with E-state index in [1.807, 2.05) is 32.9 Å². The first-order valence-electron chi connectivity index (χ1n) is 9.33. The first kappa shape index (κ1) is 21.8. The number of nitrogens with one attached hydrogen (secondary N) is 2. The maximum absolute atomic E-state index is 12.6. The van der Waals surface area contributed by atoms with Gasteiger partial charge < -0.3 is 10.1 Å². The lowest BCUT2D eigenvalue weighted by molar-refractivity contribution is -0.123. The third kappa shape index (κ3) is 6.27. The Morgan fingerprint density at radius 2 is 1.79 bits per heavy atom. The smallest absolute Gasteiger partial charge is 0.261 e. The molecule has 2 rings (SSSR count). The van der Waals surface area contributed by atoms with Gasteiger partial charge in [-0.3, -0.25) is 9.52 Å². The monoisotopic (exact) mass is 404 g/mol. The Kier molecular flexibility index (Phi) is 7.45. The third-order valence-corrected chi connectivity index (χ3v) is 5.65. The second-order valence-corrected chi connectivity index (χ2v) is 8.62. The van der Waals surface area contributed by atoms with E-state index in [2.05, 4.69) is 17.0 Å². The van der Waals surface area contributed by atoms with Crippen LogP contribution in [0.4, 0.5) is 5.69 Å². The molecular formula is C21H28N2O4S. The van der Waals surface area contributed by atoms with Crippen molar-refractivity contribution in [2.75, 3.05) is 11.3 Å². The van der Waals surface area contributed by atoms with E-state index in [1.165, 1.54) is 12.1 Å². The van der Waals surface area contributed by atoms with Crippen molar-refractivity contribution in [1.82, 2.24) is 5.32 Å². The lowest BCUT2D eigenvalue weighted by Gasteiger charge is -2.14. The van der Waals surface area contributed by atoms with Crippen LogP contribution in [0, 0.1) is 13.8 Å². The predicted octanol–water partition coefficient (Wildman–Crippen LogP) is 3.79. The number of benzene rings is 2. The van der Waals surface area contributed by atoms with Crippen molar-refractivity contribution in [1.29, 1.82) is 0 Å². The molecule has 152 valence electrons. The molecule has 0 aliphatic heterocycles. The van der Waals surface area contributed by atoms with Gasteiger partial charge in [0, 0.05) is 6.04 Å². The van der Waals surface area contributed by atoms with E-state index >= 15 is 0 Å². The molecule has 0 fully saturated rings. The van der Waals surface area contributed by atoms with E-state index in [0.29, 0.717) is 11.4 Å². The fourth-order valence-electron chi connectivity index (χ4n) is 2.74. The van der Waals surface area contributed by atoms with Crippen LogP contribution in [0.1, 0.15) is 37.8 Å². The van der Waals surface area contributed by atoms with E-state index in [9.17, 15) is 13.2 Å². The number of carbonyl (C=O) groups is 1. The van der Waals surface area contributed by atoms with E-state index in [0.717, 1.165) is 24.0 Å². The molecule has 0 aliphatic carbocycles. The van der Waals surface area contributed by atoms with E-state index in [-0.39, 0.29) is 23.5 Å². The number of anilines is 1. The summed E-state index contributed by atoms with van der Waals surface area (Å²) in [6, 6.07) is 11.7. The molecule has 0 heterocycles. The molecule has 0 saturated heterocycles. The summed E-state index contributed by atoms with van der Waals surface area (Å²) in [5.41, 5.74) is 2.37. The van der Waals surface area contributed by atoms with Gasteiger partial charge in [-0.05, 0) is 68.7 Å². The van der Waals surface area contributed by atoms with Gasteiger partial charge in [0.1, 0.15) is 5.75 Å². The summed E-state index contributed by atoms with van der Waals surface area (Å²) in [6.45, 7) is 7.65. The van der Waals surface area contributed by atoms with E-state index < -0.39 is 10.0 Å². The number of sulfonamides is 1. The lowest BCUT2D eigenvalue weighted by Crippen LogP contribution is -2.35. The quantitative estimate of drug-likeness (QED) is 0.666. The highest BCUT2D eigenvalue weighted by molar-refractivity contribution is 7.92. The van der Waals surface area contributed by atoms with Gasteiger partial charge >= 0.3 is 0 Å². The summed E-state index contributed by atoms with van der Waals surface area (Å²) < 4.78 is 33.3. The Morgan fingerprint density at radius 3 is 2.43 bits per heavy atom. The predicted molar refractivity (Wildman–Crippen MR) is 111 cm³/mol. The topological polar surface area (TPSA) is 84.5 Å². The number of amides is 1. The van der Waals surface area contributed by atoms with Gasteiger partial charge in [0.25, 0.3) is 15.9 Å². The lowest BCUT2D eigenvalue weighted by atomic mass is 10.1. The summed E-state index contributed by atoms with van der Waals surface area (Å²) >= 11 is 0. The zero-order valence-electron chi connectivity index (χ0n) is 16.8. The minimum absolute atomic E-state index is 0.102. The van der Waals surface area contributed by atoms with Gasteiger partial charge in [-0.25, -0.2) is 8.42 Å². The summed E-state index contributed by atoms with van der Waals surface area (Å²) in [5.74, 6) is 0.234. The van der Waals surface area contributed by atoms with Crippen LogP contribution in [0.15, 0.2) is 47.4 Å².